The molecule has 0 saturated heterocycles. The van der Waals surface area contributed by atoms with Crippen LogP contribution in [0.4, 0.5) is 0 Å². The number of nitrogens with one attached hydrogen (secondary N) is 4. The molecule has 6 aromatic rings. The van der Waals surface area contributed by atoms with Crippen molar-refractivity contribution in [3.8, 4) is 0 Å². The van der Waals surface area contributed by atoms with Crippen molar-refractivity contribution in [3.63, 3.8) is 0 Å². The summed E-state index contributed by atoms with van der Waals surface area (Å²) in [6.45, 7) is 35.1. The third-order valence-corrected chi connectivity index (χ3v) is 20.0. The normalized spacial score (nSPS) is 21.7. The molecule has 16 bridgehead atoms. The summed E-state index contributed by atoms with van der Waals surface area (Å²) in [5, 5.41) is 0. The van der Waals surface area contributed by atoms with Crippen molar-refractivity contribution in [1.29, 1.82) is 0 Å². The van der Waals surface area contributed by atoms with E-state index in [0.29, 0.717) is 61.3 Å². The van der Waals surface area contributed by atoms with Gasteiger partial charge in [-0.05, 0) is 219 Å². The number of benzene rings is 2. The topological polar surface area (TPSA) is 147 Å². The fourth-order valence-corrected chi connectivity index (χ4v) is 15.5. The van der Waals surface area contributed by atoms with Crippen LogP contribution in [0.15, 0.2) is 160 Å². The Morgan fingerprint density at radius 3 is 1.02 bits per heavy atom. The maximum Gasteiger partial charge on any atom is 0.228 e. The highest BCUT2D eigenvalue weighted by Crippen LogP contribution is 2.52. The maximum atomic E-state index is 16.0. The Labute approximate surface area is 507 Å². The Hall–Kier alpha value is -8.50. The lowest BCUT2D eigenvalue weighted by Gasteiger charge is -2.29. The second kappa shape index (κ2) is 22.4. The van der Waals surface area contributed by atoms with E-state index >= 15 is 9.59 Å². The second-order valence-electron chi connectivity index (χ2n) is 24.1. The molecule has 10 heterocycles. The molecule has 0 saturated carbocycles. The number of allylic oxidation sites excluding steroid dienone is 10. The first kappa shape index (κ1) is 57.9. The molecule has 2 unspecified atom stereocenters. The minimum atomic E-state index is -0.516. The van der Waals surface area contributed by atoms with E-state index < -0.39 is 11.8 Å². The van der Waals surface area contributed by atoms with Gasteiger partial charge < -0.3 is 19.9 Å². The average molecular weight is 1140 g/mol. The Morgan fingerprint density at radius 2 is 0.698 bits per heavy atom. The molecule has 10 nitrogen and oxygen atoms in total. The number of Topliss-reactive ketones (excluding diaryl/α,β-unsaturated/α-hetero) is 2. The summed E-state index contributed by atoms with van der Waals surface area (Å²) in [5.74, 6) is -1.26. The summed E-state index contributed by atoms with van der Waals surface area (Å²) in [5.41, 5.74) is 34.4. The first-order valence-corrected chi connectivity index (χ1v) is 31.6. The Balaban J connectivity index is 1.28. The second-order valence-corrected chi connectivity index (χ2v) is 24.1. The van der Waals surface area contributed by atoms with Gasteiger partial charge in [0, 0.05) is 33.9 Å². The number of aromatic amines is 4. The molecule has 0 radical (unpaired) electrons. The van der Waals surface area contributed by atoms with E-state index in [-0.39, 0.29) is 11.6 Å². The zero-order valence-corrected chi connectivity index (χ0v) is 53.3. The van der Waals surface area contributed by atoms with E-state index in [1.807, 2.05) is 0 Å². The van der Waals surface area contributed by atoms with Gasteiger partial charge in [-0.15, -0.1) is 0 Å². The number of carbonyl (C=O) groups excluding carboxylic acids is 2. The van der Waals surface area contributed by atoms with Gasteiger partial charge in [-0.25, -0.2) is 20.0 Å². The van der Waals surface area contributed by atoms with Gasteiger partial charge in [-0.3, -0.25) is 9.59 Å². The van der Waals surface area contributed by atoms with Gasteiger partial charge in [0.2, 0.25) is 11.6 Å². The summed E-state index contributed by atoms with van der Waals surface area (Å²) in [6.07, 6.45) is 9.71. The van der Waals surface area contributed by atoms with E-state index in [2.05, 4.69) is 204 Å². The molecular formula is C76H82N8O2. The van der Waals surface area contributed by atoms with Crippen molar-refractivity contribution < 1.29 is 9.59 Å². The largest absolute Gasteiger partial charge is 0.357 e. The fourth-order valence-electron chi connectivity index (χ4n) is 15.5. The zero-order chi connectivity index (χ0) is 60.9. The van der Waals surface area contributed by atoms with Crippen LogP contribution >= 0.6 is 0 Å². The molecule has 12 rings (SSSR count). The lowest BCUT2D eigenvalue weighted by molar-refractivity contribution is 0.105. The molecule has 2 aromatic carbocycles. The molecule has 438 valence electrons. The smallest absolute Gasteiger partial charge is 0.228 e. The lowest BCUT2D eigenvalue weighted by atomic mass is 9.76. The average Bonchev–Trinajstić information content (AvgIpc) is 1.64. The molecule has 2 atom stereocenters. The van der Waals surface area contributed by atoms with Gasteiger partial charge >= 0.3 is 0 Å². The summed E-state index contributed by atoms with van der Waals surface area (Å²) in [7, 11) is 0. The van der Waals surface area contributed by atoms with Crippen LogP contribution in [0.1, 0.15) is 231 Å². The molecular weight excluding hydrogens is 1060 g/mol. The van der Waals surface area contributed by atoms with Crippen LogP contribution in [0.2, 0.25) is 0 Å². The van der Waals surface area contributed by atoms with Gasteiger partial charge in [0.25, 0.3) is 0 Å². The number of nitrogens with zero attached hydrogens (tertiary/aromatic N) is 4. The quantitative estimate of drug-likeness (QED) is 0.102. The summed E-state index contributed by atoms with van der Waals surface area (Å²) >= 11 is 0. The predicted octanol–water partition coefficient (Wildman–Crippen LogP) is 17.8. The van der Waals surface area contributed by atoms with Crippen LogP contribution in [0, 0.1) is 27.7 Å². The summed E-state index contributed by atoms with van der Waals surface area (Å²) in [4.78, 5) is 70.6. The molecule has 4 N–H and O–H groups in total. The van der Waals surface area contributed by atoms with Crippen molar-refractivity contribution >= 4 is 45.6 Å². The Kier molecular flexibility index (Phi) is 15.1. The van der Waals surface area contributed by atoms with Gasteiger partial charge in [0.05, 0.1) is 68.8 Å². The molecule has 86 heavy (non-hydrogen) atoms. The highest BCUT2D eigenvalue weighted by molar-refractivity contribution is 6.53. The molecule has 0 aliphatic carbocycles. The summed E-state index contributed by atoms with van der Waals surface area (Å²) < 4.78 is 0. The first-order valence-electron chi connectivity index (χ1n) is 31.6. The Bertz CT molecular complexity index is 4070. The minimum absolute atomic E-state index is 0.114. The molecule has 0 spiro atoms. The molecule has 6 aliphatic rings. The highest BCUT2D eigenvalue weighted by atomic mass is 16.1. The third-order valence-electron chi connectivity index (χ3n) is 20.0. The highest BCUT2D eigenvalue weighted by Gasteiger charge is 2.43. The van der Waals surface area contributed by atoms with Crippen LogP contribution in [0.3, 0.4) is 0 Å². The van der Waals surface area contributed by atoms with E-state index in [0.717, 1.165) is 181 Å². The standard InChI is InChI=1S/C76H82N8O2/c1-17-47-39(11)63-59(45-31-27-25-28-32-45)65-41(13)51(21-5)69(81-65)61(67-43(15)53(23-7)73(83-67)75(85)71-49(19-3)37(9)55(77-71)35-57(47)79-63)62-68-44(16)54(24-8)74(84-68)76(86)72-50(20-4)38(10)56(78-72)36-58-48(18-2)40(12)64(80-58)60(46-33-29-26-30-34-46)66-42(14)52(22-6)70(62)82-66/h25-36,61-62,81-84H,17-24H2,1-16H3/b55-35-,56-36-,63-59-,64-60-. The maximum absolute atomic E-state index is 16.0. The number of aliphatic imine (C=N–C) groups is 4. The predicted molar refractivity (Wildman–Crippen MR) is 355 cm³/mol. The van der Waals surface area contributed by atoms with Crippen molar-refractivity contribution in [3.05, 3.63) is 241 Å². The van der Waals surface area contributed by atoms with Gasteiger partial charge in [0.1, 0.15) is 11.4 Å². The van der Waals surface area contributed by atoms with Crippen molar-refractivity contribution in [1.82, 2.24) is 19.9 Å². The monoisotopic (exact) mass is 1140 g/mol. The summed E-state index contributed by atoms with van der Waals surface area (Å²) in [6, 6.07) is 21.5. The van der Waals surface area contributed by atoms with E-state index in [1.54, 1.807) is 0 Å². The number of carbonyl (C=O) groups is 2. The number of ketones is 2. The first-order chi connectivity index (χ1) is 41.5. The zero-order valence-electron chi connectivity index (χ0n) is 53.3. The van der Waals surface area contributed by atoms with Crippen molar-refractivity contribution in [2.24, 2.45) is 20.0 Å². The molecule has 0 fully saturated rings. The van der Waals surface area contributed by atoms with Crippen molar-refractivity contribution in [2.45, 2.75) is 174 Å². The van der Waals surface area contributed by atoms with E-state index in [4.69, 9.17) is 20.0 Å². The van der Waals surface area contributed by atoms with Crippen LogP contribution in [-0.2, 0) is 25.7 Å². The number of aromatic nitrogens is 4. The Morgan fingerprint density at radius 1 is 0.360 bits per heavy atom. The number of hydrogen-bond donors (Lipinski definition) is 4. The number of fused-ring (bicyclic) bond motifs is 12. The third kappa shape index (κ3) is 8.70. The number of rotatable bonds is 11. The van der Waals surface area contributed by atoms with Crippen LogP contribution in [0.25, 0.3) is 11.1 Å². The van der Waals surface area contributed by atoms with E-state index in [1.165, 1.54) is 11.1 Å². The minimum Gasteiger partial charge on any atom is -0.357 e. The molecule has 10 heteroatoms. The number of hydrogen-bond acceptors (Lipinski definition) is 6. The van der Waals surface area contributed by atoms with E-state index in [9.17, 15) is 0 Å². The molecule has 0 amide bonds. The fraction of sp³-hybridized carbons (Fsp3) is 0.342. The van der Waals surface area contributed by atoms with Crippen LogP contribution in [0.5, 0.6) is 0 Å². The molecule has 4 aromatic heterocycles. The molecule has 6 aliphatic heterocycles. The van der Waals surface area contributed by atoms with Gasteiger partial charge in [-0.2, -0.15) is 0 Å². The van der Waals surface area contributed by atoms with Crippen LogP contribution < -0.4 is 0 Å². The van der Waals surface area contributed by atoms with Gasteiger partial charge in [-0.1, -0.05) is 116 Å². The lowest BCUT2D eigenvalue weighted by Crippen LogP contribution is -2.21. The van der Waals surface area contributed by atoms with Crippen molar-refractivity contribution in [2.75, 3.05) is 0 Å². The van der Waals surface area contributed by atoms with Gasteiger partial charge in [0.15, 0.2) is 0 Å². The number of H-pyrrole nitrogens is 4. The SMILES string of the molecule is CCC1=C(C)/C2=C/C3=NC(=C(/c4ccccc4)c4[nH]c(c(CC)c4C)C(C4c5[nH]c(c(CC)c5C)C(=O)C5=N/C(=C\C6=NC(=C(/c7ccccc7)c7[nH]c4c(CC)c7C)/C(C)=C6CC)C(C)=C5CC)c4[nH]c(c(CC)c4C)C(=O)C1=N2)/C(C)=C3CC. The van der Waals surface area contributed by atoms with Crippen LogP contribution in [-0.4, -0.2) is 54.3 Å².